The van der Waals surface area contributed by atoms with Crippen LogP contribution in [0.3, 0.4) is 0 Å². The van der Waals surface area contributed by atoms with E-state index in [1.54, 1.807) is 21.3 Å². The van der Waals surface area contributed by atoms with E-state index >= 15 is 0 Å². The Morgan fingerprint density at radius 3 is 2.18 bits per heavy atom. The maximum atomic E-state index is 5.36. The van der Waals surface area contributed by atoms with Crippen LogP contribution in [-0.2, 0) is 0 Å². The molecule has 1 aromatic carbocycles. The number of hydrogen-bond acceptors (Lipinski definition) is 4. The van der Waals surface area contributed by atoms with Gasteiger partial charge in [0.1, 0.15) is 22.8 Å². The highest BCUT2D eigenvalue weighted by molar-refractivity contribution is 5.91. The van der Waals surface area contributed by atoms with E-state index in [0.29, 0.717) is 5.75 Å². The molecule has 0 amide bonds. The lowest BCUT2D eigenvalue weighted by Crippen LogP contribution is -1.95. The Labute approximate surface area is 100 Å². The number of fused-ring (bicyclic) bond motifs is 1. The third-order valence-corrected chi connectivity index (χ3v) is 2.62. The first kappa shape index (κ1) is 11.5. The summed E-state index contributed by atoms with van der Waals surface area (Å²) in [6.45, 7) is 1.92. The summed E-state index contributed by atoms with van der Waals surface area (Å²) in [5.74, 6) is 2.17. The number of benzene rings is 1. The Kier molecular flexibility index (Phi) is 3.04. The second kappa shape index (κ2) is 4.49. The first-order valence-corrected chi connectivity index (χ1v) is 5.27. The Bertz CT molecular complexity index is 552. The Hall–Kier alpha value is -1.97. The number of methoxy groups -OCH3 is 3. The molecule has 0 saturated heterocycles. The van der Waals surface area contributed by atoms with Gasteiger partial charge in [-0.25, -0.2) is 4.98 Å². The molecule has 1 aromatic heterocycles. The topological polar surface area (TPSA) is 40.6 Å². The normalized spacial score (nSPS) is 10.4. The smallest absolute Gasteiger partial charge is 0.148 e. The van der Waals surface area contributed by atoms with Gasteiger partial charge in [0.05, 0.1) is 21.3 Å². The van der Waals surface area contributed by atoms with Crippen molar-refractivity contribution in [1.82, 2.24) is 4.98 Å². The largest absolute Gasteiger partial charge is 0.497 e. The lowest BCUT2D eigenvalue weighted by atomic mass is 10.1. The number of pyridine rings is 1. The first-order chi connectivity index (χ1) is 8.19. The minimum absolute atomic E-state index is 0.682. The number of ether oxygens (including phenoxy) is 3. The van der Waals surface area contributed by atoms with E-state index in [-0.39, 0.29) is 0 Å². The Morgan fingerprint density at radius 2 is 1.59 bits per heavy atom. The zero-order valence-electron chi connectivity index (χ0n) is 10.4. The van der Waals surface area contributed by atoms with Crippen molar-refractivity contribution in [3.8, 4) is 17.2 Å². The average Bonchev–Trinajstić information content (AvgIpc) is 2.36. The van der Waals surface area contributed by atoms with Crippen LogP contribution in [0.25, 0.3) is 10.9 Å². The molecule has 0 atom stereocenters. The van der Waals surface area contributed by atoms with Crippen LogP contribution in [0.5, 0.6) is 17.2 Å². The highest BCUT2D eigenvalue weighted by Crippen LogP contribution is 2.35. The summed E-state index contributed by atoms with van der Waals surface area (Å²) in [7, 11) is 4.87. The molecule has 0 spiro atoms. The van der Waals surface area contributed by atoms with Crippen LogP contribution >= 0.6 is 0 Å². The molecule has 0 radical (unpaired) electrons. The van der Waals surface area contributed by atoms with Gasteiger partial charge in [0.15, 0.2) is 0 Å². The van der Waals surface area contributed by atoms with Crippen molar-refractivity contribution in [3.63, 3.8) is 0 Å². The number of aromatic nitrogens is 1. The summed E-state index contributed by atoms with van der Waals surface area (Å²) >= 11 is 0. The predicted octanol–water partition coefficient (Wildman–Crippen LogP) is 2.57. The number of aryl methyl sites for hydroxylation is 1. The van der Waals surface area contributed by atoms with E-state index in [1.807, 2.05) is 25.1 Å². The molecule has 4 nitrogen and oxygen atoms in total. The molecular formula is C13H15NO3. The van der Waals surface area contributed by atoms with Crippen LogP contribution in [0, 0.1) is 6.92 Å². The van der Waals surface area contributed by atoms with Gasteiger partial charge in [-0.2, -0.15) is 0 Å². The lowest BCUT2D eigenvalue weighted by molar-refractivity contribution is 0.395. The fraction of sp³-hybridized carbons (Fsp3) is 0.308. The van der Waals surface area contributed by atoms with Crippen LogP contribution in [0.2, 0.25) is 0 Å². The third-order valence-electron chi connectivity index (χ3n) is 2.62. The minimum atomic E-state index is 0.682. The summed E-state index contributed by atoms with van der Waals surface area (Å²) in [4.78, 5) is 4.47. The molecule has 0 bridgehead atoms. The molecule has 0 aliphatic rings. The van der Waals surface area contributed by atoms with Gasteiger partial charge in [0.25, 0.3) is 0 Å². The van der Waals surface area contributed by atoms with Gasteiger partial charge < -0.3 is 14.2 Å². The molecule has 2 rings (SSSR count). The van der Waals surface area contributed by atoms with E-state index in [0.717, 1.165) is 28.1 Å². The summed E-state index contributed by atoms with van der Waals surface area (Å²) in [6, 6.07) is 5.60. The van der Waals surface area contributed by atoms with Crippen molar-refractivity contribution in [2.75, 3.05) is 21.3 Å². The van der Waals surface area contributed by atoms with Crippen LogP contribution < -0.4 is 14.2 Å². The summed E-state index contributed by atoms with van der Waals surface area (Å²) in [6.07, 6.45) is 0. The van der Waals surface area contributed by atoms with Crippen LogP contribution in [0.1, 0.15) is 5.69 Å². The van der Waals surface area contributed by atoms with E-state index in [4.69, 9.17) is 14.2 Å². The Balaban J connectivity index is 2.83. The van der Waals surface area contributed by atoms with Crippen LogP contribution in [0.4, 0.5) is 0 Å². The fourth-order valence-electron chi connectivity index (χ4n) is 1.80. The molecule has 4 heteroatoms. The van der Waals surface area contributed by atoms with E-state index in [1.165, 1.54) is 0 Å². The van der Waals surface area contributed by atoms with Gasteiger partial charge in [-0.05, 0) is 13.0 Å². The molecule has 0 N–H and O–H groups in total. The van der Waals surface area contributed by atoms with Gasteiger partial charge in [-0.15, -0.1) is 0 Å². The van der Waals surface area contributed by atoms with Gasteiger partial charge in [0.2, 0.25) is 0 Å². The minimum Gasteiger partial charge on any atom is -0.497 e. The molecular weight excluding hydrogens is 218 g/mol. The molecule has 0 aliphatic carbocycles. The second-order valence-corrected chi connectivity index (χ2v) is 3.69. The maximum absolute atomic E-state index is 5.36. The van der Waals surface area contributed by atoms with Crippen LogP contribution in [0.15, 0.2) is 18.2 Å². The van der Waals surface area contributed by atoms with Crippen LogP contribution in [-0.4, -0.2) is 26.3 Å². The fourth-order valence-corrected chi connectivity index (χ4v) is 1.80. The van der Waals surface area contributed by atoms with Gasteiger partial charge in [-0.1, -0.05) is 0 Å². The third kappa shape index (κ3) is 1.98. The van der Waals surface area contributed by atoms with E-state index in [2.05, 4.69) is 4.98 Å². The second-order valence-electron chi connectivity index (χ2n) is 3.69. The predicted molar refractivity (Wildman–Crippen MR) is 66.1 cm³/mol. The number of hydrogen-bond donors (Lipinski definition) is 0. The first-order valence-electron chi connectivity index (χ1n) is 5.27. The molecule has 0 unspecified atom stereocenters. The SMILES string of the molecule is COc1cc(OC)c2nc(C)cc(OC)c2c1. The average molecular weight is 233 g/mol. The van der Waals surface area contributed by atoms with Gasteiger partial charge in [0, 0.05) is 23.2 Å². The number of nitrogens with zero attached hydrogens (tertiary/aromatic N) is 1. The molecule has 2 aromatic rings. The quantitative estimate of drug-likeness (QED) is 0.817. The zero-order valence-corrected chi connectivity index (χ0v) is 10.4. The highest BCUT2D eigenvalue weighted by Gasteiger charge is 2.11. The lowest BCUT2D eigenvalue weighted by Gasteiger charge is -2.11. The highest BCUT2D eigenvalue weighted by atomic mass is 16.5. The molecule has 0 aliphatic heterocycles. The maximum Gasteiger partial charge on any atom is 0.148 e. The molecule has 17 heavy (non-hydrogen) atoms. The van der Waals surface area contributed by atoms with Gasteiger partial charge >= 0.3 is 0 Å². The van der Waals surface area contributed by atoms with E-state index in [9.17, 15) is 0 Å². The molecule has 0 fully saturated rings. The van der Waals surface area contributed by atoms with Crippen molar-refractivity contribution < 1.29 is 14.2 Å². The standard InChI is InChI=1S/C13H15NO3/c1-8-5-11(16-3)10-6-9(15-2)7-12(17-4)13(10)14-8/h5-7H,1-4H3. The number of rotatable bonds is 3. The molecule has 90 valence electrons. The van der Waals surface area contributed by atoms with E-state index < -0.39 is 0 Å². The molecule has 0 saturated carbocycles. The monoisotopic (exact) mass is 233 g/mol. The summed E-state index contributed by atoms with van der Waals surface area (Å²) in [5, 5.41) is 0.884. The summed E-state index contributed by atoms with van der Waals surface area (Å²) < 4.78 is 15.9. The summed E-state index contributed by atoms with van der Waals surface area (Å²) in [5.41, 5.74) is 1.67. The van der Waals surface area contributed by atoms with Crippen molar-refractivity contribution in [1.29, 1.82) is 0 Å². The van der Waals surface area contributed by atoms with Gasteiger partial charge in [-0.3, -0.25) is 0 Å². The van der Waals surface area contributed by atoms with Crippen molar-refractivity contribution in [2.45, 2.75) is 6.92 Å². The Morgan fingerprint density at radius 1 is 0.882 bits per heavy atom. The van der Waals surface area contributed by atoms with Crippen molar-refractivity contribution in [3.05, 3.63) is 23.9 Å². The van der Waals surface area contributed by atoms with Crippen molar-refractivity contribution in [2.24, 2.45) is 0 Å². The molecule has 1 heterocycles. The zero-order chi connectivity index (χ0) is 12.4. The van der Waals surface area contributed by atoms with Crippen molar-refractivity contribution >= 4 is 10.9 Å².